The number of hydrogen-bond acceptors (Lipinski definition) is 6. The number of ether oxygens (including phenoxy) is 2. The number of carbonyl (C=O) groups excluding carboxylic acids is 1. The molecule has 34 heavy (non-hydrogen) atoms. The summed E-state index contributed by atoms with van der Waals surface area (Å²) in [5, 5.41) is 3.22. The number of hydrogen-bond donors (Lipinski definition) is 1. The van der Waals surface area contributed by atoms with E-state index in [0.717, 1.165) is 22.5 Å². The molecule has 0 saturated carbocycles. The first-order valence-electron chi connectivity index (χ1n) is 11.0. The SMILES string of the molecule is COc1ccc(C2Cc3cnc(Nc4ccccc4)nc3N(c3ccccc3)C2=O)cc1OC. The van der Waals surface area contributed by atoms with Gasteiger partial charge in [-0.05, 0) is 48.4 Å². The van der Waals surface area contributed by atoms with Crippen molar-refractivity contribution in [1.82, 2.24) is 9.97 Å². The number of fused-ring (bicyclic) bond motifs is 1. The first-order valence-corrected chi connectivity index (χ1v) is 11.0. The number of methoxy groups -OCH3 is 2. The van der Waals surface area contributed by atoms with Gasteiger partial charge in [-0.15, -0.1) is 0 Å². The summed E-state index contributed by atoms with van der Waals surface area (Å²) in [7, 11) is 3.18. The van der Waals surface area contributed by atoms with Crippen LogP contribution in [0.5, 0.6) is 11.5 Å². The molecule has 1 unspecified atom stereocenters. The van der Waals surface area contributed by atoms with Gasteiger partial charge < -0.3 is 14.8 Å². The van der Waals surface area contributed by atoms with Gasteiger partial charge in [-0.2, -0.15) is 4.98 Å². The highest BCUT2D eigenvalue weighted by atomic mass is 16.5. The molecule has 0 fully saturated rings. The molecule has 5 rings (SSSR count). The molecular formula is C27H24N4O3. The number of nitrogens with one attached hydrogen (secondary N) is 1. The van der Waals surface area contributed by atoms with Gasteiger partial charge in [0, 0.05) is 17.4 Å². The molecule has 1 aliphatic rings. The molecule has 4 aromatic rings. The van der Waals surface area contributed by atoms with E-state index in [0.29, 0.717) is 29.7 Å². The molecule has 1 amide bonds. The smallest absolute Gasteiger partial charge is 0.240 e. The van der Waals surface area contributed by atoms with Crippen molar-refractivity contribution in [2.75, 3.05) is 24.4 Å². The fraction of sp³-hybridized carbons (Fsp3) is 0.148. The molecule has 0 aliphatic carbocycles. The van der Waals surface area contributed by atoms with Gasteiger partial charge in [0.1, 0.15) is 5.82 Å². The number of amides is 1. The maximum atomic E-state index is 13.9. The molecule has 1 aromatic heterocycles. The lowest BCUT2D eigenvalue weighted by atomic mass is 9.87. The van der Waals surface area contributed by atoms with E-state index in [-0.39, 0.29) is 5.91 Å². The molecule has 1 N–H and O–H groups in total. The number of aromatic nitrogens is 2. The van der Waals surface area contributed by atoms with Gasteiger partial charge in [-0.1, -0.05) is 42.5 Å². The fourth-order valence-electron chi connectivity index (χ4n) is 4.17. The second kappa shape index (κ2) is 9.23. The van der Waals surface area contributed by atoms with E-state index in [1.54, 1.807) is 25.3 Å². The van der Waals surface area contributed by atoms with Crippen LogP contribution in [-0.4, -0.2) is 30.1 Å². The van der Waals surface area contributed by atoms with Crippen molar-refractivity contribution in [3.63, 3.8) is 0 Å². The van der Waals surface area contributed by atoms with Gasteiger partial charge in [-0.25, -0.2) is 4.98 Å². The highest BCUT2D eigenvalue weighted by Crippen LogP contribution is 2.41. The Labute approximate surface area is 198 Å². The Bertz CT molecular complexity index is 1310. The maximum absolute atomic E-state index is 13.9. The second-order valence-electron chi connectivity index (χ2n) is 7.91. The Balaban J connectivity index is 1.57. The Morgan fingerprint density at radius 1 is 0.912 bits per heavy atom. The Morgan fingerprint density at radius 3 is 2.32 bits per heavy atom. The van der Waals surface area contributed by atoms with Gasteiger partial charge in [0.05, 0.1) is 25.8 Å². The van der Waals surface area contributed by atoms with Crippen molar-refractivity contribution < 1.29 is 14.3 Å². The molecule has 0 spiro atoms. The van der Waals surface area contributed by atoms with Crippen LogP contribution in [0.2, 0.25) is 0 Å². The van der Waals surface area contributed by atoms with E-state index in [1.165, 1.54) is 0 Å². The molecule has 7 nitrogen and oxygen atoms in total. The first kappa shape index (κ1) is 21.5. The summed E-state index contributed by atoms with van der Waals surface area (Å²) in [6.07, 6.45) is 2.28. The highest BCUT2D eigenvalue weighted by molar-refractivity contribution is 6.06. The van der Waals surface area contributed by atoms with Crippen molar-refractivity contribution in [3.05, 3.63) is 96.2 Å². The van der Waals surface area contributed by atoms with Crippen LogP contribution in [0.15, 0.2) is 85.1 Å². The topological polar surface area (TPSA) is 76.6 Å². The van der Waals surface area contributed by atoms with Crippen molar-refractivity contribution in [3.8, 4) is 11.5 Å². The minimum atomic E-state index is -0.413. The summed E-state index contributed by atoms with van der Waals surface area (Å²) >= 11 is 0. The zero-order chi connectivity index (χ0) is 23.5. The summed E-state index contributed by atoms with van der Waals surface area (Å²) in [6.45, 7) is 0. The van der Waals surface area contributed by atoms with Crippen molar-refractivity contribution >= 4 is 29.0 Å². The molecular weight excluding hydrogens is 428 g/mol. The van der Waals surface area contributed by atoms with Crippen molar-refractivity contribution in [2.45, 2.75) is 12.3 Å². The maximum Gasteiger partial charge on any atom is 0.240 e. The molecule has 1 aliphatic heterocycles. The molecule has 0 bridgehead atoms. The number of nitrogens with zero attached hydrogens (tertiary/aromatic N) is 3. The summed E-state index contributed by atoms with van der Waals surface area (Å²) < 4.78 is 10.8. The van der Waals surface area contributed by atoms with E-state index in [4.69, 9.17) is 14.5 Å². The van der Waals surface area contributed by atoms with E-state index in [9.17, 15) is 4.79 Å². The van der Waals surface area contributed by atoms with Crippen LogP contribution in [0, 0.1) is 0 Å². The summed E-state index contributed by atoms with van der Waals surface area (Å²) in [5.74, 6) is 1.75. The molecule has 3 aromatic carbocycles. The van der Waals surface area contributed by atoms with Crippen molar-refractivity contribution in [2.24, 2.45) is 0 Å². The average molecular weight is 453 g/mol. The predicted molar refractivity (Wildman–Crippen MR) is 131 cm³/mol. The normalized spacial score (nSPS) is 14.9. The third-order valence-corrected chi connectivity index (χ3v) is 5.85. The fourth-order valence-corrected chi connectivity index (χ4v) is 4.17. The zero-order valence-corrected chi connectivity index (χ0v) is 18.9. The molecule has 170 valence electrons. The van der Waals surface area contributed by atoms with Gasteiger partial charge in [-0.3, -0.25) is 9.69 Å². The van der Waals surface area contributed by atoms with Gasteiger partial charge in [0.15, 0.2) is 11.5 Å². The van der Waals surface area contributed by atoms with Crippen molar-refractivity contribution in [1.29, 1.82) is 0 Å². The van der Waals surface area contributed by atoms with E-state index in [1.807, 2.05) is 78.9 Å². The summed E-state index contributed by atoms with van der Waals surface area (Å²) in [4.78, 5) is 24.8. The van der Waals surface area contributed by atoms with Crippen LogP contribution in [0.4, 0.5) is 23.1 Å². The largest absolute Gasteiger partial charge is 0.493 e. The number of carbonyl (C=O) groups is 1. The molecule has 1 atom stereocenters. The summed E-state index contributed by atoms with van der Waals surface area (Å²) in [5.41, 5.74) is 3.37. The van der Waals surface area contributed by atoms with E-state index >= 15 is 0 Å². The minimum absolute atomic E-state index is 0.0599. The lowest BCUT2D eigenvalue weighted by molar-refractivity contribution is -0.119. The lowest BCUT2D eigenvalue weighted by Gasteiger charge is -2.33. The van der Waals surface area contributed by atoms with Crippen LogP contribution in [0.25, 0.3) is 0 Å². The quantitative estimate of drug-likeness (QED) is 0.431. The van der Waals surface area contributed by atoms with Crippen LogP contribution in [0.3, 0.4) is 0 Å². The zero-order valence-electron chi connectivity index (χ0n) is 18.9. The van der Waals surface area contributed by atoms with Crippen LogP contribution >= 0.6 is 0 Å². The third-order valence-electron chi connectivity index (χ3n) is 5.85. The number of rotatable bonds is 6. The molecule has 2 heterocycles. The van der Waals surface area contributed by atoms with Gasteiger partial charge >= 0.3 is 0 Å². The third kappa shape index (κ3) is 4.03. The number of anilines is 4. The number of benzene rings is 3. The number of para-hydroxylation sites is 2. The molecule has 0 saturated heterocycles. The second-order valence-corrected chi connectivity index (χ2v) is 7.91. The Hall–Kier alpha value is -4.39. The van der Waals surface area contributed by atoms with Gasteiger partial charge in [0.2, 0.25) is 11.9 Å². The van der Waals surface area contributed by atoms with E-state index in [2.05, 4.69) is 10.3 Å². The van der Waals surface area contributed by atoms with Crippen LogP contribution < -0.4 is 19.7 Å². The minimum Gasteiger partial charge on any atom is -0.493 e. The van der Waals surface area contributed by atoms with Crippen LogP contribution in [0.1, 0.15) is 17.0 Å². The molecule has 0 radical (unpaired) electrons. The average Bonchev–Trinajstić information content (AvgIpc) is 2.89. The monoisotopic (exact) mass is 452 g/mol. The van der Waals surface area contributed by atoms with E-state index < -0.39 is 5.92 Å². The molecule has 7 heteroatoms. The predicted octanol–water partition coefficient (Wildman–Crippen LogP) is 5.24. The standard InChI is InChI=1S/C27H24N4O3/c1-33-23-14-13-18(16-24(23)34-2)22-15-19-17-28-27(29-20-9-5-3-6-10-20)30-25(19)31(26(22)32)21-11-7-4-8-12-21/h3-14,16-17,22H,15H2,1-2H3,(H,28,29,30). The van der Waals surface area contributed by atoms with Gasteiger partial charge in [0.25, 0.3) is 0 Å². The van der Waals surface area contributed by atoms with Crippen LogP contribution in [-0.2, 0) is 11.2 Å². The Kier molecular flexibility index (Phi) is 5.82. The lowest BCUT2D eigenvalue weighted by Crippen LogP contribution is -2.37. The first-order chi connectivity index (χ1) is 16.7. The summed E-state index contributed by atoms with van der Waals surface area (Å²) in [6, 6.07) is 24.9. The highest BCUT2D eigenvalue weighted by Gasteiger charge is 2.36. The Morgan fingerprint density at radius 2 is 1.62 bits per heavy atom.